The van der Waals surface area contributed by atoms with Crippen LogP contribution >= 0.6 is 0 Å². The summed E-state index contributed by atoms with van der Waals surface area (Å²) in [6.45, 7) is 0. The molecule has 0 saturated carbocycles. The maximum Gasteiger partial charge on any atom is 0.194 e. The van der Waals surface area contributed by atoms with Crippen molar-refractivity contribution < 1.29 is 27.0 Å². The Balaban J connectivity index is 2.55. The highest BCUT2D eigenvalue weighted by molar-refractivity contribution is 5.65. The third-order valence-electron chi connectivity index (χ3n) is 2.32. The molecule has 0 saturated heterocycles. The molecule has 0 radical (unpaired) electrons. The van der Waals surface area contributed by atoms with E-state index in [0.717, 1.165) is 12.1 Å². The molecule has 0 aliphatic rings. The first-order chi connectivity index (χ1) is 8.52. The summed E-state index contributed by atoms with van der Waals surface area (Å²) in [7, 11) is 0. The molecule has 2 aromatic rings. The summed E-state index contributed by atoms with van der Waals surface area (Å²) in [5, 5.41) is 0. The number of benzene rings is 2. The topological polar surface area (TPSA) is 9.23 Å². The summed E-state index contributed by atoms with van der Waals surface area (Å²) in [6.07, 6.45) is 0. The van der Waals surface area contributed by atoms with Gasteiger partial charge in [-0.15, -0.1) is 0 Å². The second kappa shape index (κ2) is 4.64. The van der Waals surface area contributed by atoms with Gasteiger partial charge in [-0.25, -0.2) is 17.6 Å². The van der Waals surface area contributed by atoms with E-state index in [2.05, 4.69) is 4.94 Å². The molecule has 2 aromatic carbocycles. The van der Waals surface area contributed by atoms with Gasteiger partial charge in [0.1, 0.15) is 5.82 Å². The van der Waals surface area contributed by atoms with E-state index in [-0.39, 0.29) is 16.9 Å². The maximum absolute atomic E-state index is 13.5. The van der Waals surface area contributed by atoms with E-state index < -0.39 is 23.3 Å². The van der Waals surface area contributed by atoms with E-state index >= 15 is 0 Å². The standard InChI is InChI=1S/C12H5F5O/c13-9-5-7(18-17)1-2-8(9)6-3-10(14)12(16)11(15)4-6/h1-5H. The second-order valence-corrected chi connectivity index (χ2v) is 3.47. The fourth-order valence-electron chi connectivity index (χ4n) is 1.49. The number of hydrogen-bond acceptors (Lipinski definition) is 1. The Hall–Kier alpha value is -2.11. The highest BCUT2D eigenvalue weighted by Crippen LogP contribution is 2.28. The lowest BCUT2D eigenvalue weighted by atomic mass is 10.0. The summed E-state index contributed by atoms with van der Waals surface area (Å²) in [4.78, 5) is 3.30. The van der Waals surface area contributed by atoms with Crippen LogP contribution in [0.4, 0.5) is 22.1 Å². The fraction of sp³-hybridized carbons (Fsp3) is 0. The molecule has 0 fully saturated rings. The Labute approximate surface area is 98.3 Å². The van der Waals surface area contributed by atoms with E-state index in [4.69, 9.17) is 0 Å². The highest BCUT2D eigenvalue weighted by atomic mass is 19.3. The third-order valence-corrected chi connectivity index (χ3v) is 2.32. The minimum Gasteiger partial charge on any atom is -0.294 e. The van der Waals surface area contributed by atoms with Gasteiger partial charge in [-0.05, 0) is 29.8 Å². The predicted octanol–water partition coefficient (Wildman–Crippen LogP) is 4.17. The zero-order valence-electron chi connectivity index (χ0n) is 8.68. The third kappa shape index (κ3) is 2.13. The molecule has 2 rings (SSSR count). The molecule has 0 N–H and O–H groups in total. The zero-order valence-corrected chi connectivity index (χ0v) is 8.68. The van der Waals surface area contributed by atoms with Crippen molar-refractivity contribution in [3.8, 4) is 16.9 Å². The quantitative estimate of drug-likeness (QED) is 0.581. The smallest absolute Gasteiger partial charge is 0.194 e. The molecule has 0 aliphatic heterocycles. The van der Waals surface area contributed by atoms with Gasteiger partial charge in [0.2, 0.25) is 0 Å². The van der Waals surface area contributed by atoms with Crippen LogP contribution in [0.5, 0.6) is 5.75 Å². The summed E-state index contributed by atoms with van der Waals surface area (Å²) >= 11 is 0. The van der Waals surface area contributed by atoms with Gasteiger partial charge in [0.15, 0.2) is 23.2 Å². The Morgan fingerprint density at radius 1 is 0.778 bits per heavy atom. The van der Waals surface area contributed by atoms with Gasteiger partial charge in [-0.2, -0.15) is 0 Å². The lowest BCUT2D eigenvalue weighted by Gasteiger charge is -2.05. The summed E-state index contributed by atoms with van der Waals surface area (Å²) in [5.74, 6) is -5.84. The monoisotopic (exact) mass is 260 g/mol. The van der Waals surface area contributed by atoms with Crippen LogP contribution in [-0.4, -0.2) is 0 Å². The van der Waals surface area contributed by atoms with Gasteiger partial charge >= 0.3 is 0 Å². The van der Waals surface area contributed by atoms with Crippen LogP contribution in [0, 0.1) is 23.3 Å². The number of rotatable bonds is 2. The van der Waals surface area contributed by atoms with E-state index in [1.807, 2.05) is 0 Å². The SMILES string of the molecule is FOc1ccc(-c2cc(F)c(F)c(F)c2)c(F)c1. The molecule has 0 unspecified atom stereocenters. The van der Waals surface area contributed by atoms with Crippen LogP contribution in [0.25, 0.3) is 11.1 Å². The van der Waals surface area contributed by atoms with Crippen molar-refractivity contribution in [1.82, 2.24) is 0 Å². The minimum atomic E-state index is -1.64. The predicted molar refractivity (Wildman–Crippen MR) is 53.4 cm³/mol. The van der Waals surface area contributed by atoms with E-state index in [1.54, 1.807) is 0 Å². The molecule has 0 atom stereocenters. The molecule has 0 aliphatic carbocycles. The van der Waals surface area contributed by atoms with Crippen molar-refractivity contribution in [2.75, 3.05) is 0 Å². The highest BCUT2D eigenvalue weighted by Gasteiger charge is 2.14. The molecule has 1 nitrogen and oxygen atoms in total. The van der Waals surface area contributed by atoms with Crippen LogP contribution in [0.15, 0.2) is 30.3 Å². The average molecular weight is 260 g/mol. The van der Waals surface area contributed by atoms with E-state index in [9.17, 15) is 22.1 Å². The molecule has 0 amide bonds. The van der Waals surface area contributed by atoms with Gasteiger partial charge in [0, 0.05) is 16.2 Å². The van der Waals surface area contributed by atoms with Gasteiger partial charge in [-0.1, -0.05) is 0 Å². The Kier molecular flexibility index (Phi) is 3.18. The summed E-state index contributed by atoms with van der Waals surface area (Å²) in [5.41, 5.74) is -0.400. The van der Waals surface area contributed by atoms with E-state index in [1.165, 1.54) is 0 Å². The van der Waals surface area contributed by atoms with Crippen LogP contribution in [0.3, 0.4) is 0 Å². The van der Waals surface area contributed by atoms with Crippen molar-refractivity contribution in [3.63, 3.8) is 0 Å². The first-order valence-corrected chi connectivity index (χ1v) is 4.76. The van der Waals surface area contributed by atoms with Crippen molar-refractivity contribution in [2.24, 2.45) is 0 Å². The van der Waals surface area contributed by atoms with Crippen LogP contribution in [0.2, 0.25) is 0 Å². The molecule has 18 heavy (non-hydrogen) atoms. The fourth-order valence-corrected chi connectivity index (χ4v) is 1.49. The van der Waals surface area contributed by atoms with Gasteiger partial charge in [0.05, 0.1) is 0 Å². The van der Waals surface area contributed by atoms with Crippen molar-refractivity contribution >= 4 is 0 Å². The summed E-state index contributed by atoms with van der Waals surface area (Å²) in [6, 6.07) is 4.13. The van der Waals surface area contributed by atoms with Crippen molar-refractivity contribution in [1.29, 1.82) is 0 Å². The Morgan fingerprint density at radius 2 is 1.39 bits per heavy atom. The summed E-state index contributed by atoms with van der Waals surface area (Å²) < 4.78 is 64.0. The molecule has 6 heteroatoms. The Bertz CT molecular complexity index is 574. The van der Waals surface area contributed by atoms with Gasteiger partial charge in [-0.3, -0.25) is 4.94 Å². The molecular formula is C12H5F5O. The molecule has 0 bridgehead atoms. The number of halogens is 5. The first kappa shape index (κ1) is 12.3. The lowest BCUT2D eigenvalue weighted by molar-refractivity contribution is -0.00652. The van der Waals surface area contributed by atoms with Crippen molar-refractivity contribution in [3.05, 3.63) is 53.6 Å². The Morgan fingerprint density at radius 3 is 1.89 bits per heavy atom. The molecule has 0 heterocycles. The molecule has 0 aromatic heterocycles. The second-order valence-electron chi connectivity index (χ2n) is 3.47. The first-order valence-electron chi connectivity index (χ1n) is 4.76. The van der Waals surface area contributed by atoms with Crippen LogP contribution in [0.1, 0.15) is 0 Å². The minimum absolute atomic E-state index is 0.200. The maximum atomic E-state index is 13.5. The largest absolute Gasteiger partial charge is 0.294 e. The van der Waals surface area contributed by atoms with Gasteiger partial charge < -0.3 is 0 Å². The van der Waals surface area contributed by atoms with E-state index in [0.29, 0.717) is 18.2 Å². The average Bonchev–Trinajstić information content (AvgIpc) is 2.35. The van der Waals surface area contributed by atoms with Gasteiger partial charge in [0.25, 0.3) is 0 Å². The zero-order chi connectivity index (χ0) is 13.3. The molecular weight excluding hydrogens is 255 g/mol. The molecule has 0 spiro atoms. The normalized spacial score (nSPS) is 10.5. The van der Waals surface area contributed by atoms with Crippen LogP contribution in [-0.2, 0) is 0 Å². The van der Waals surface area contributed by atoms with Crippen molar-refractivity contribution in [2.45, 2.75) is 0 Å². The lowest BCUT2D eigenvalue weighted by Crippen LogP contribution is -1.93. The molecule has 94 valence electrons. The van der Waals surface area contributed by atoms with Crippen LogP contribution < -0.4 is 4.94 Å². The number of hydrogen-bond donors (Lipinski definition) is 0.